The molecule has 2 aliphatic heterocycles. The molecule has 3 aromatic rings. The Hall–Kier alpha value is -3.16. The van der Waals surface area contributed by atoms with Crippen molar-refractivity contribution in [1.82, 2.24) is 4.90 Å². The number of hydrogen-bond acceptors (Lipinski definition) is 6. The summed E-state index contributed by atoms with van der Waals surface area (Å²) in [7, 11) is 1.65. The van der Waals surface area contributed by atoms with Gasteiger partial charge in [0.05, 0.1) is 18.5 Å². The molecule has 0 saturated carbocycles. The zero-order chi connectivity index (χ0) is 23.5. The van der Waals surface area contributed by atoms with Crippen LogP contribution in [0.3, 0.4) is 0 Å². The Morgan fingerprint density at radius 2 is 1.62 bits per heavy atom. The molecule has 1 amide bonds. The van der Waals surface area contributed by atoms with Gasteiger partial charge in [-0.3, -0.25) is 9.69 Å². The van der Waals surface area contributed by atoms with Crippen molar-refractivity contribution in [3.05, 3.63) is 94.4 Å². The maximum Gasteiger partial charge on any atom is 0.269 e. The van der Waals surface area contributed by atoms with E-state index >= 15 is 0 Å². The van der Waals surface area contributed by atoms with Gasteiger partial charge < -0.3 is 9.64 Å². The summed E-state index contributed by atoms with van der Waals surface area (Å²) in [6.45, 7) is 3.49. The Labute approximate surface area is 208 Å². The molecule has 0 radical (unpaired) electrons. The Morgan fingerprint density at radius 3 is 2.35 bits per heavy atom. The van der Waals surface area contributed by atoms with Gasteiger partial charge in [-0.05, 0) is 67.1 Å². The van der Waals surface area contributed by atoms with E-state index in [4.69, 9.17) is 9.73 Å². The average Bonchev–Trinajstić information content (AvgIpc) is 3.40. The molecule has 3 aromatic carbocycles. The van der Waals surface area contributed by atoms with E-state index in [0.717, 1.165) is 40.0 Å². The summed E-state index contributed by atoms with van der Waals surface area (Å²) in [5.74, 6) is 0.795. The number of benzene rings is 3. The van der Waals surface area contributed by atoms with Gasteiger partial charge in [0, 0.05) is 18.0 Å². The highest BCUT2D eigenvalue weighted by Crippen LogP contribution is 2.50. The maximum atomic E-state index is 13.7. The van der Waals surface area contributed by atoms with Crippen molar-refractivity contribution in [2.45, 2.75) is 18.2 Å². The summed E-state index contributed by atoms with van der Waals surface area (Å²) < 4.78 is 5.27. The Balaban J connectivity index is 1.50. The first-order chi connectivity index (χ1) is 16.7. The van der Waals surface area contributed by atoms with Crippen molar-refractivity contribution in [3.63, 3.8) is 0 Å². The molecule has 5 rings (SSSR count). The first-order valence-corrected chi connectivity index (χ1v) is 12.9. The van der Waals surface area contributed by atoms with Crippen LogP contribution >= 0.6 is 23.5 Å². The number of para-hydroxylation sites is 1. The lowest BCUT2D eigenvalue weighted by atomic mass is 10.1. The fourth-order valence-corrected chi connectivity index (χ4v) is 6.40. The molecule has 0 aromatic heterocycles. The van der Waals surface area contributed by atoms with Gasteiger partial charge in [0.2, 0.25) is 0 Å². The maximum absolute atomic E-state index is 13.7. The number of amidine groups is 1. The van der Waals surface area contributed by atoms with E-state index in [2.05, 4.69) is 36.1 Å². The molecule has 5 nitrogen and oxygen atoms in total. The van der Waals surface area contributed by atoms with Crippen molar-refractivity contribution in [3.8, 4) is 5.75 Å². The van der Waals surface area contributed by atoms with Gasteiger partial charge in [-0.25, -0.2) is 4.99 Å². The van der Waals surface area contributed by atoms with Crippen molar-refractivity contribution >= 4 is 46.0 Å². The molecule has 7 heteroatoms. The summed E-state index contributed by atoms with van der Waals surface area (Å²) in [4.78, 5) is 24.6. The van der Waals surface area contributed by atoms with Crippen LogP contribution in [0.5, 0.6) is 5.75 Å². The third-order valence-corrected chi connectivity index (χ3v) is 8.12. The van der Waals surface area contributed by atoms with Crippen LogP contribution in [0.15, 0.2) is 98.7 Å². The van der Waals surface area contributed by atoms with Gasteiger partial charge in [-0.2, -0.15) is 0 Å². The first-order valence-electron chi connectivity index (χ1n) is 11.2. The zero-order valence-electron chi connectivity index (χ0n) is 19.1. The highest BCUT2D eigenvalue weighted by molar-refractivity contribution is 8.19. The molecule has 0 spiro atoms. The van der Waals surface area contributed by atoms with Crippen LogP contribution in [0, 0.1) is 0 Å². The molecule has 1 fully saturated rings. The minimum absolute atomic E-state index is 0.0157. The Morgan fingerprint density at radius 1 is 0.882 bits per heavy atom. The van der Waals surface area contributed by atoms with E-state index in [1.54, 1.807) is 18.9 Å². The predicted molar refractivity (Wildman–Crippen MR) is 142 cm³/mol. The molecular weight excluding hydrogens is 462 g/mol. The molecule has 2 aliphatic rings. The van der Waals surface area contributed by atoms with E-state index in [-0.39, 0.29) is 5.91 Å². The van der Waals surface area contributed by atoms with Gasteiger partial charge in [-0.1, -0.05) is 54.2 Å². The Kier molecular flexibility index (Phi) is 6.65. The molecule has 1 saturated heterocycles. The van der Waals surface area contributed by atoms with Crippen LogP contribution in [-0.4, -0.2) is 36.2 Å². The number of hydrogen-bond donors (Lipinski definition) is 0. The SMILES string of the molecule is CCN1/C(=C2/SC(=Nc3ccc(OC)cc3)N(CCc3ccccc3)C2=O)Sc2ccccc21. The highest BCUT2D eigenvalue weighted by atomic mass is 32.2. The largest absolute Gasteiger partial charge is 0.497 e. The molecule has 0 bridgehead atoms. The molecule has 0 atom stereocenters. The summed E-state index contributed by atoms with van der Waals surface area (Å²) in [6.07, 6.45) is 0.766. The second-order valence-corrected chi connectivity index (χ2v) is 9.84. The van der Waals surface area contributed by atoms with Crippen LogP contribution < -0.4 is 9.64 Å². The molecule has 34 heavy (non-hydrogen) atoms. The lowest BCUT2D eigenvalue weighted by molar-refractivity contribution is -0.122. The molecule has 2 heterocycles. The number of ether oxygens (including phenoxy) is 1. The summed E-state index contributed by atoms with van der Waals surface area (Å²) in [5, 5.41) is 1.70. The molecule has 0 N–H and O–H groups in total. The van der Waals surface area contributed by atoms with Crippen LogP contribution in [-0.2, 0) is 11.2 Å². The van der Waals surface area contributed by atoms with Gasteiger partial charge >= 0.3 is 0 Å². The van der Waals surface area contributed by atoms with Crippen molar-refractivity contribution < 1.29 is 9.53 Å². The van der Waals surface area contributed by atoms with E-state index in [1.165, 1.54) is 22.2 Å². The standard InChI is InChI=1S/C27H25N3O2S2/c1-3-29-22-11-7-8-12-23(22)33-26(29)24-25(31)30(18-17-19-9-5-4-6-10-19)27(34-24)28-20-13-15-21(32-2)16-14-20/h4-16H,3,17-18H2,1-2H3/b26-24-,28-27?. The number of fused-ring (bicyclic) bond motifs is 1. The summed E-state index contributed by atoms with van der Waals surface area (Å²) >= 11 is 3.13. The smallest absolute Gasteiger partial charge is 0.269 e. The molecule has 0 aliphatic carbocycles. The summed E-state index contributed by atoms with van der Waals surface area (Å²) in [5.41, 5.74) is 3.15. The van der Waals surface area contributed by atoms with Gasteiger partial charge in [0.1, 0.15) is 15.7 Å². The van der Waals surface area contributed by atoms with Crippen LogP contribution in [0.4, 0.5) is 11.4 Å². The van der Waals surface area contributed by atoms with Gasteiger partial charge in [0.15, 0.2) is 5.17 Å². The minimum atomic E-state index is 0.0157. The highest BCUT2D eigenvalue weighted by Gasteiger charge is 2.39. The molecular formula is C27H25N3O2S2. The zero-order valence-corrected chi connectivity index (χ0v) is 20.7. The quantitative estimate of drug-likeness (QED) is 0.382. The first kappa shape index (κ1) is 22.6. The number of carbonyl (C=O) groups excluding carboxylic acids is 1. The average molecular weight is 488 g/mol. The number of methoxy groups -OCH3 is 1. The van der Waals surface area contributed by atoms with Crippen molar-refractivity contribution in [2.75, 3.05) is 25.1 Å². The second kappa shape index (κ2) is 9.99. The topological polar surface area (TPSA) is 45.1 Å². The Bertz CT molecular complexity index is 1260. The van der Waals surface area contributed by atoms with E-state index < -0.39 is 0 Å². The third kappa shape index (κ3) is 4.45. The van der Waals surface area contributed by atoms with E-state index in [0.29, 0.717) is 11.7 Å². The second-order valence-electron chi connectivity index (χ2n) is 7.84. The predicted octanol–water partition coefficient (Wildman–Crippen LogP) is 6.30. The van der Waals surface area contributed by atoms with Crippen LogP contribution in [0.1, 0.15) is 12.5 Å². The van der Waals surface area contributed by atoms with Gasteiger partial charge in [-0.15, -0.1) is 0 Å². The monoisotopic (exact) mass is 487 g/mol. The number of carbonyl (C=O) groups is 1. The number of thioether (sulfide) groups is 2. The number of anilines is 1. The van der Waals surface area contributed by atoms with Gasteiger partial charge in [0.25, 0.3) is 5.91 Å². The van der Waals surface area contributed by atoms with E-state index in [1.807, 2.05) is 59.5 Å². The van der Waals surface area contributed by atoms with Crippen LogP contribution in [0.25, 0.3) is 0 Å². The third-order valence-electron chi connectivity index (χ3n) is 5.75. The molecule has 0 unspecified atom stereocenters. The lowest BCUT2D eigenvalue weighted by Crippen LogP contribution is -2.32. The number of amides is 1. The number of nitrogens with zero attached hydrogens (tertiary/aromatic N) is 3. The fraction of sp³-hybridized carbons (Fsp3) is 0.185. The van der Waals surface area contributed by atoms with Crippen LogP contribution in [0.2, 0.25) is 0 Å². The minimum Gasteiger partial charge on any atom is -0.497 e. The number of rotatable bonds is 6. The van der Waals surface area contributed by atoms with Crippen molar-refractivity contribution in [2.24, 2.45) is 4.99 Å². The normalized spacial score (nSPS) is 18.6. The van der Waals surface area contributed by atoms with E-state index in [9.17, 15) is 4.79 Å². The fourth-order valence-electron chi connectivity index (χ4n) is 3.99. The number of aliphatic imine (C=N–C) groups is 1. The van der Waals surface area contributed by atoms with Crippen molar-refractivity contribution in [1.29, 1.82) is 0 Å². The lowest BCUT2D eigenvalue weighted by Gasteiger charge is -2.19. The molecule has 172 valence electrons. The summed E-state index contributed by atoms with van der Waals surface area (Å²) in [6, 6.07) is 26.2.